The third kappa shape index (κ3) is 3.16. The van der Waals surface area contributed by atoms with E-state index in [2.05, 4.69) is 22.5 Å². The summed E-state index contributed by atoms with van der Waals surface area (Å²) in [6, 6.07) is 7.85. The van der Waals surface area contributed by atoms with Crippen molar-refractivity contribution in [1.29, 1.82) is 0 Å². The van der Waals surface area contributed by atoms with Crippen LogP contribution in [0.4, 0.5) is 11.5 Å². The first-order valence-corrected chi connectivity index (χ1v) is 9.92. The van der Waals surface area contributed by atoms with Crippen molar-refractivity contribution >= 4 is 23.6 Å². The Morgan fingerprint density at radius 1 is 1.28 bits per heavy atom. The van der Waals surface area contributed by atoms with Gasteiger partial charge in [-0.05, 0) is 36.0 Å². The molecule has 0 radical (unpaired) electrons. The first-order valence-electron chi connectivity index (χ1n) is 9.92. The van der Waals surface area contributed by atoms with Crippen molar-refractivity contribution in [1.82, 2.24) is 9.97 Å². The van der Waals surface area contributed by atoms with E-state index in [4.69, 9.17) is 20.4 Å². The minimum atomic E-state index is -0.259. The molecule has 2 heterocycles. The number of nitrogens with two attached hydrogens (primary N) is 1. The van der Waals surface area contributed by atoms with E-state index >= 15 is 0 Å². The van der Waals surface area contributed by atoms with Gasteiger partial charge in [-0.3, -0.25) is 9.79 Å². The van der Waals surface area contributed by atoms with Crippen LogP contribution in [0.5, 0.6) is 5.75 Å². The first kappa shape index (κ1) is 17.8. The zero-order chi connectivity index (χ0) is 20.0. The molecular weight excluding hydrogens is 366 g/mol. The third-order valence-corrected chi connectivity index (χ3v) is 6.10. The molecule has 1 amide bonds. The summed E-state index contributed by atoms with van der Waals surface area (Å²) < 4.78 is 5.32. The number of benzene rings is 1. The molecule has 1 fully saturated rings. The van der Waals surface area contributed by atoms with Gasteiger partial charge in [0.05, 0.1) is 18.7 Å². The van der Waals surface area contributed by atoms with Crippen molar-refractivity contribution in [2.45, 2.75) is 25.3 Å². The fourth-order valence-corrected chi connectivity index (χ4v) is 4.76. The van der Waals surface area contributed by atoms with Crippen LogP contribution in [0.1, 0.15) is 23.5 Å². The van der Waals surface area contributed by atoms with Gasteiger partial charge >= 0.3 is 0 Å². The topological polar surface area (TPSA) is 102 Å². The summed E-state index contributed by atoms with van der Waals surface area (Å²) in [4.78, 5) is 26.1. The number of carbonyl (C=O) groups excluding carboxylic acids is 1. The van der Waals surface area contributed by atoms with Crippen molar-refractivity contribution in [2.75, 3.05) is 12.4 Å². The zero-order valence-corrected chi connectivity index (χ0v) is 16.2. The number of anilines is 1. The Hall–Kier alpha value is -3.22. The average Bonchev–Trinajstić information content (AvgIpc) is 3.44. The summed E-state index contributed by atoms with van der Waals surface area (Å²) in [5, 5.41) is 3.51. The number of allylic oxidation sites excluding steroid dienone is 1. The monoisotopic (exact) mass is 389 g/mol. The number of hydrogen-bond donors (Lipinski definition) is 2. The molecule has 5 rings (SSSR count). The summed E-state index contributed by atoms with van der Waals surface area (Å²) in [6.07, 6.45) is 8.39. The molecule has 3 aliphatic rings. The van der Waals surface area contributed by atoms with Crippen LogP contribution in [0.3, 0.4) is 0 Å². The summed E-state index contributed by atoms with van der Waals surface area (Å²) in [7, 11) is 1.66. The molecule has 2 bridgehead atoms. The number of aromatic nitrogens is 2. The van der Waals surface area contributed by atoms with Crippen molar-refractivity contribution in [3.8, 4) is 5.75 Å². The van der Waals surface area contributed by atoms with Crippen molar-refractivity contribution in [3.63, 3.8) is 0 Å². The predicted molar refractivity (Wildman–Crippen MR) is 111 cm³/mol. The van der Waals surface area contributed by atoms with E-state index in [1.54, 1.807) is 7.11 Å². The van der Waals surface area contributed by atoms with E-state index in [0.29, 0.717) is 18.7 Å². The quantitative estimate of drug-likeness (QED) is 0.739. The Bertz CT molecular complexity index is 1030. The van der Waals surface area contributed by atoms with E-state index < -0.39 is 0 Å². The zero-order valence-electron chi connectivity index (χ0n) is 16.2. The second-order valence-electron chi connectivity index (χ2n) is 7.87. The molecule has 7 nitrogen and oxygen atoms in total. The molecule has 1 aliphatic heterocycles. The maximum atomic E-state index is 12.1. The number of fused-ring (bicyclic) bond motifs is 3. The molecule has 2 aliphatic carbocycles. The van der Waals surface area contributed by atoms with Gasteiger partial charge in [0.25, 0.3) is 0 Å². The number of nitrogens with one attached hydrogen (secondary N) is 1. The number of carbonyl (C=O) groups is 1. The lowest BCUT2D eigenvalue weighted by Crippen LogP contribution is -2.41. The number of rotatable bonds is 6. The third-order valence-electron chi connectivity index (χ3n) is 6.10. The maximum Gasteiger partial charge on any atom is 0.223 e. The first-order chi connectivity index (χ1) is 14.1. The summed E-state index contributed by atoms with van der Waals surface area (Å²) in [6.45, 7) is 0. The molecule has 4 atom stereocenters. The van der Waals surface area contributed by atoms with Crippen LogP contribution in [-0.4, -0.2) is 35.2 Å². The molecule has 7 heteroatoms. The largest absolute Gasteiger partial charge is 0.497 e. The highest BCUT2D eigenvalue weighted by molar-refractivity contribution is 5.82. The van der Waals surface area contributed by atoms with Crippen molar-refractivity contribution in [2.24, 2.45) is 28.5 Å². The Kier molecular flexibility index (Phi) is 4.30. The van der Waals surface area contributed by atoms with E-state index in [1.807, 2.05) is 30.5 Å². The molecular formula is C22H23N5O2. The molecule has 4 unspecified atom stereocenters. The van der Waals surface area contributed by atoms with E-state index in [9.17, 15) is 4.79 Å². The van der Waals surface area contributed by atoms with Crippen LogP contribution in [0.15, 0.2) is 41.4 Å². The number of primary amides is 1. The van der Waals surface area contributed by atoms with Crippen LogP contribution in [0, 0.1) is 17.8 Å². The second-order valence-corrected chi connectivity index (χ2v) is 7.87. The predicted octanol–water partition coefficient (Wildman–Crippen LogP) is 2.42. The maximum absolute atomic E-state index is 12.1. The highest BCUT2D eigenvalue weighted by Crippen LogP contribution is 2.45. The van der Waals surface area contributed by atoms with Crippen LogP contribution in [-0.2, 0) is 17.6 Å². The fraction of sp³-hybridized carbons (Fsp3) is 0.364. The number of amides is 1. The number of ether oxygens (including phenoxy) is 1. The summed E-state index contributed by atoms with van der Waals surface area (Å²) in [5.74, 6) is 2.24. The normalized spacial score (nSPS) is 26.0. The standard InChI is InChI=1S/C22H23N5O2/c1-29-15-4-2-3-12(9-15)10-17-25-16-7-8-24-20(16)22(26-17)27-19-14-6-5-13(11-14)18(19)21(23)28/h2-6,8-9,13-14,18-19H,7,10-11H2,1H3,(H2,23,28)(H,25,26,27). The minimum Gasteiger partial charge on any atom is -0.497 e. The van der Waals surface area contributed by atoms with Gasteiger partial charge in [-0.15, -0.1) is 0 Å². The highest BCUT2D eigenvalue weighted by atomic mass is 16.5. The summed E-state index contributed by atoms with van der Waals surface area (Å²) in [5.41, 5.74) is 8.47. The van der Waals surface area contributed by atoms with Gasteiger partial charge < -0.3 is 15.8 Å². The number of hydrogen-bond acceptors (Lipinski definition) is 6. The van der Waals surface area contributed by atoms with Crippen molar-refractivity contribution in [3.05, 3.63) is 53.5 Å². The summed E-state index contributed by atoms with van der Waals surface area (Å²) >= 11 is 0. The molecule has 0 spiro atoms. The van der Waals surface area contributed by atoms with Gasteiger partial charge in [-0.1, -0.05) is 24.3 Å². The second kappa shape index (κ2) is 6.99. The lowest BCUT2D eigenvalue weighted by atomic mass is 9.88. The molecule has 3 N–H and O–H groups in total. The van der Waals surface area contributed by atoms with Crippen molar-refractivity contribution < 1.29 is 9.53 Å². The number of nitrogens with zero attached hydrogens (tertiary/aromatic N) is 3. The van der Waals surface area contributed by atoms with Crippen LogP contribution < -0.4 is 15.8 Å². The van der Waals surface area contributed by atoms with Gasteiger partial charge in [0.2, 0.25) is 5.91 Å². The van der Waals surface area contributed by atoms with Crippen LogP contribution in [0.25, 0.3) is 0 Å². The average molecular weight is 389 g/mol. The Morgan fingerprint density at radius 2 is 2.14 bits per heavy atom. The lowest BCUT2D eigenvalue weighted by Gasteiger charge is -2.27. The molecule has 1 aromatic heterocycles. The molecule has 29 heavy (non-hydrogen) atoms. The van der Waals surface area contributed by atoms with Gasteiger partial charge in [0, 0.05) is 25.1 Å². The number of aliphatic imine (C=N–C) groups is 1. The molecule has 2 aromatic rings. The highest BCUT2D eigenvalue weighted by Gasteiger charge is 2.47. The van der Waals surface area contributed by atoms with E-state index in [1.165, 1.54) is 0 Å². The smallest absolute Gasteiger partial charge is 0.223 e. The Balaban J connectivity index is 1.46. The Labute approximate surface area is 169 Å². The number of methoxy groups -OCH3 is 1. The van der Waals surface area contributed by atoms with Crippen LogP contribution in [0.2, 0.25) is 0 Å². The minimum absolute atomic E-state index is 0.0537. The van der Waals surface area contributed by atoms with Gasteiger partial charge in [0.15, 0.2) is 5.82 Å². The van der Waals surface area contributed by atoms with E-state index in [0.717, 1.165) is 34.9 Å². The SMILES string of the molecule is COc1cccc(Cc2nc3c(c(NC4C5C=CC(C5)C4C(N)=O)n2)N=CC3)c1. The molecule has 148 valence electrons. The lowest BCUT2D eigenvalue weighted by molar-refractivity contribution is -0.122. The van der Waals surface area contributed by atoms with Gasteiger partial charge in [-0.2, -0.15) is 0 Å². The fourth-order valence-electron chi connectivity index (χ4n) is 4.76. The van der Waals surface area contributed by atoms with Gasteiger partial charge in [-0.25, -0.2) is 9.97 Å². The Morgan fingerprint density at radius 3 is 2.97 bits per heavy atom. The molecule has 1 saturated carbocycles. The van der Waals surface area contributed by atoms with Crippen LogP contribution >= 0.6 is 0 Å². The van der Waals surface area contributed by atoms with Gasteiger partial charge in [0.1, 0.15) is 17.3 Å². The molecule has 1 aromatic carbocycles. The molecule has 0 saturated heterocycles. The van der Waals surface area contributed by atoms with E-state index in [-0.39, 0.29) is 29.7 Å².